The minimum Gasteiger partial charge on any atom is -0.481 e. The molecule has 0 amide bonds. The quantitative estimate of drug-likeness (QED) is 0.939. The minimum absolute atomic E-state index is 0.380. The number of aromatic nitrogens is 2. The van der Waals surface area contributed by atoms with E-state index in [0.717, 1.165) is 22.4 Å². The van der Waals surface area contributed by atoms with E-state index in [2.05, 4.69) is 4.98 Å². The number of halogens is 1. The standard InChI is InChI=1S/C14H17ClN2O2/c1-8-9(15)5-6-10-12(8)17(4)11(16-10)7-14(2,3)13(18)19/h5-6H,7H2,1-4H3,(H,18,19). The fraction of sp³-hybridized carbons (Fsp3) is 0.429. The SMILES string of the molecule is Cc1c(Cl)ccc2nc(CC(C)(C)C(=O)O)n(C)c12. The Kier molecular flexibility index (Phi) is 3.31. The van der Waals surface area contributed by atoms with Crippen molar-refractivity contribution in [1.29, 1.82) is 0 Å². The van der Waals surface area contributed by atoms with Crippen LogP contribution in [0.2, 0.25) is 5.02 Å². The highest BCUT2D eigenvalue weighted by Crippen LogP contribution is 2.28. The molecule has 1 aromatic heterocycles. The molecule has 0 aliphatic carbocycles. The fourth-order valence-corrected chi connectivity index (χ4v) is 2.30. The summed E-state index contributed by atoms with van der Waals surface area (Å²) in [7, 11) is 1.89. The number of benzene rings is 1. The Morgan fingerprint density at radius 1 is 1.47 bits per heavy atom. The van der Waals surface area contributed by atoms with Crippen molar-refractivity contribution in [3.05, 3.63) is 28.5 Å². The number of hydrogen-bond acceptors (Lipinski definition) is 2. The molecule has 0 saturated carbocycles. The molecule has 1 heterocycles. The van der Waals surface area contributed by atoms with E-state index in [4.69, 9.17) is 11.6 Å². The minimum atomic E-state index is -0.840. The summed E-state index contributed by atoms with van der Waals surface area (Å²) in [6.45, 7) is 5.35. The van der Waals surface area contributed by atoms with Gasteiger partial charge < -0.3 is 9.67 Å². The Morgan fingerprint density at radius 2 is 2.11 bits per heavy atom. The molecule has 0 saturated heterocycles. The molecule has 1 N–H and O–H groups in total. The van der Waals surface area contributed by atoms with Gasteiger partial charge in [0.05, 0.1) is 16.4 Å². The average Bonchev–Trinajstić information content (AvgIpc) is 2.61. The molecule has 0 atom stereocenters. The van der Waals surface area contributed by atoms with Crippen molar-refractivity contribution in [2.45, 2.75) is 27.2 Å². The predicted molar refractivity (Wildman–Crippen MR) is 75.6 cm³/mol. The van der Waals surface area contributed by atoms with Gasteiger partial charge in [0.15, 0.2) is 0 Å². The summed E-state index contributed by atoms with van der Waals surface area (Å²) in [5.41, 5.74) is 1.94. The van der Waals surface area contributed by atoms with Crippen molar-refractivity contribution in [1.82, 2.24) is 9.55 Å². The molecular weight excluding hydrogens is 264 g/mol. The third-order valence-electron chi connectivity index (χ3n) is 3.49. The number of carbonyl (C=O) groups is 1. The van der Waals surface area contributed by atoms with E-state index < -0.39 is 11.4 Å². The van der Waals surface area contributed by atoms with Crippen LogP contribution in [0.3, 0.4) is 0 Å². The number of imidazole rings is 1. The summed E-state index contributed by atoms with van der Waals surface area (Å²) in [6.07, 6.45) is 0.380. The third kappa shape index (κ3) is 2.32. The maximum atomic E-state index is 11.2. The zero-order chi connectivity index (χ0) is 14.4. The van der Waals surface area contributed by atoms with Crippen LogP contribution in [0, 0.1) is 12.3 Å². The number of rotatable bonds is 3. The van der Waals surface area contributed by atoms with Crippen LogP contribution in [0.5, 0.6) is 0 Å². The Balaban J connectivity index is 2.55. The zero-order valence-corrected chi connectivity index (χ0v) is 12.2. The van der Waals surface area contributed by atoms with Gasteiger partial charge in [0, 0.05) is 18.5 Å². The maximum absolute atomic E-state index is 11.2. The molecule has 102 valence electrons. The summed E-state index contributed by atoms with van der Waals surface area (Å²) >= 11 is 6.12. The molecule has 19 heavy (non-hydrogen) atoms. The highest BCUT2D eigenvalue weighted by molar-refractivity contribution is 6.32. The van der Waals surface area contributed by atoms with Crippen molar-refractivity contribution in [2.75, 3.05) is 0 Å². The summed E-state index contributed by atoms with van der Waals surface area (Å²) in [6, 6.07) is 3.68. The van der Waals surface area contributed by atoms with Gasteiger partial charge in [-0.3, -0.25) is 4.79 Å². The fourth-order valence-electron chi connectivity index (χ4n) is 2.15. The van der Waals surface area contributed by atoms with E-state index in [-0.39, 0.29) is 0 Å². The van der Waals surface area contributed by atoms with E-state index in [0.29, 0.717) is 11.4 Å². The van der Waals surface area contributed by atoms with Crippen LogP contribution in [-0.4, -0.2) is 20.6 Å². The van der Waals surface area contributed by atoms with Gasteiger partial charge in [0.1, 0.15) is 5.82 Å². The van der Waals surface area contributed by atoms with Gasteiger partial charge in [-0.05, 0) is 38.5 Å². The molecular formula is C14H17ClN2O2. The lowest BCUT2D eigenvalue weighted by molar-refractivity contribution is -0.146. The van der Waals surface area contributed by atoms with Crippen LogP contribution in [0.4, 0.5) is 0 Å². The monoisotopic (exact) mass is 280 g/mol. The largest absolute Gasteiger partial charge is 0.481 e. The van der Waals surface area contributed by atoms with Crippen molar-refractivity contribution >= 4 is 28.6 Å². The molecule has 2 aromatic rings. The van der Waals surface area contributed by atoms with Crippen LogP contribution in [0.15, 0.2) is 12.1 Å². The summed E-state index contributed by atoms with van der Waals surface area (Å²) in [5, 5.41) is 9.90. The van der Waals surface area contributed by atoms with E-state index in [1.807, 2.05) is 30.7 Å². The number of fused-ring (bicyclic) bond motifs is 1. The lowest BCUT2D eigenvalue weighted by Crippen LogP contribution is -2.27. The van der Waals surface area contributed by atoms with Crippen LogP contribution >= 0.6 is 11.6 Å². The van der Waals surface area contributed by atoms with Crippen molar-refractivity contribution in [2.24, 2.45) is 12.5 Å². The molecule has 0 bridgehead atoms. The van der Waals surface area contributed by atoms with E-state index >= 15 is 0 Å². The highest BCUT2D eigenvalue weighted by Gasteiger charge is 2.29. The first-order valence-electron chi connectivity index (χ1n) is 6.08. The molecule has 0 radical (unpaired) electrons. The van der Waals surface area contributed by atoms with Crippen LogP contribution in [-0.2, 0) is 18.3 Å². The van der Waals surface area contributed by atoms with E-state index in [9.17, 15) is 9.90 Å². The Morgan fingerprint density at radius 3 is 2.68 bits per heavy atom. The molecule has 0 fully saturated rings. The molecule has 0 aliphatic heterocycles. The molecule has 0 unspecified atom stereocenters. The topological polar surface area (TPSA) is 55.1 Å². The number of aliphatic carboxylic acids is 1. The Hall–Kier alpha value is -1.55. The van der Waals surface area contributed by atoms with Gasteiger partial charge in [-0.2, -0.15) is 0 Å². The summed E-state index contributed by atoms with van der Waals surface area (Å²) < 4.78 is 1.93. The molecule has 1 aromatic carbocycles. The summed E-state index contributed by atoms with van der Waals surface area (Å²) in [5.74, 6) is -0.0675. The lowest BCUT2D eigenvalue weighted by Gasteiger charge is -2.18. The molecule has 2 rings (SSSR count). The molecule has 5 heteroatoms. The Bertz CT molecular complexity index is 659. The van der Waals surface area contributed by atoms with Crippen LogP contribution < -0.4 is 0 Å². The molecule has 4 nitrogen and oxygen atoms in total. The van der Waals surface area contributed by atoms with E-state index in [1.165, 1.54) is 0 Å². The second kappa shape index (κ2) is 4.53. The van der Waals surface area contributed by atoms with Gasteiger partial charge in [0.2, 0.25) is 0 Å². The van der Waals surface area contributed by atoms with Crippen molar-refractivity contribution in [3.8, 4) is 0 Å². The second-order valence-electron chi connectivity index (χ2n) is 5.49. The van der Waals surface area contributed by atoms with Crippen LogP contribution in [0.25, 0.3) is 11.0 Å². The smallest absolute Gasteiger partial charge is 0.309 e. The number of carboxylic acids is 1. The highest BCUT2D eigenvalue weighted by atomic mass is 35.5. The third-order valence-corrected chi connectivity index (χ3v) is 3.90. The number of nitrogens with zero attached hydrogens (tertiary/aromatic N) is 2. The number of hydrogen-bond donors (Lipinski definition) is 1. The number of carboxylic acid groups (broad SMARTS) is 1. The van der Waals surface area contributed by atoms with Gasteiger partial charge >= 0.3 is 5.97 Å². The van der Waals surface area contributed by atoms with Crippen LogP contribution in [0.1, 0.15) is 25.2 Å². The first-order chi connectivity index (χ1) is 8.74. The van der Waals surface area contributed by atoms with E-state index in [1.54, 1.807) is 13.8 Å². The predicted octanol–water partition coefficient (Wildman–Crippen LogP) is 3.19. The molecule has 0 aliphatic rings. The van der Waals surface area contributed by atoms with Gasteiger partial charge in [-0.15, -0.1) is 0 Å². The van der Waals surface area contributed by atoms with Crippen molar-refractivity contribution < 1.29 is 9.90 Å². The van der Waals surface area contributed by atoms with Gasteiger partial charge in [-0.25, -0.2) is 4.98 Å². The maximum Gasteiger partial charge on any atom is 0.309 e. The zero-order valence-electron chi connectivity index (χ0n) is 11.5. The lowest BCUT2D eigenvalue weighted by atomic mass is 9.89. The first-order valence-corrected chi connectivity index (χ1v) is 6.45. The molecule has 0 spiro atoms. The normalized spacial score (nSPS) is 12.1. The van der Waals surface area contributed by atoms with Gasteiger partial charge in [-0.1, -0.05) is 11.6 Å². The second-order valence-corrected chi connectivity index (χ2v) is 5.90. The van der Waals surface area contributed by atoms with Gasteiger partial charge in [0.25, 0.3) is 0 Å². The summed E-state index contributed by atoms with van der Waals surface area (Å²) in [4.78, 5) is 15.7. The average molecular weight is 281 g/mol. The Labute approximate surface area is 117 Å². The number of aryl methyl sites for hydroxylation is 2. The first kappa shape index (κ1) is 13.9. The van der Waals surface area contributed by atoms with Crippen molar-refractivity contribution in [3.63, 3.8) is 0 Å².